The summed E-state index contributed by atoms with van der Waals surface area (Å²) >= 11 is 0. The third-order valence-electron chi connectivity index (χ3n) is 6.34. The third kappa shape index (κ3) is 4.95. The molecule has 2 aromatic carbocycles. The van der Waals surface area contributed by atoms with Crippen molar-refractivity contribution >= 4 is 0 Å². The van der Waals surface area contributed by atoms with Crippen LogP contribution in [0.5, 0.6) is 0 Å². The molecule has 2 unspecified atom stereocenters. The van der Waals surface area contributed by atoms with Crippen LogP contribution in [-0.4, -0.2) is 40.9 Å². The lowest BCUT2D eigenvalue weighted by Gasteiger charge is -2.43. The van der Waals surface area contributed by atoms with Crippen molar-refractivity contribution in [2.24, 2.45) is 0 Å². The quantitative estimate of drug-likeness (QED) is 0.284. The predicted octanol–water partition coefficient (Wildman–Crippen LogP) is 8.37. The number of aliphatic hydroxyl groups is 1. The van der Waals surface area contributed by atoms with Gasteiger partial charge in [0.15, 0.2) is 0 Å². The Morgan fingerprint density at radius 1 is 0.658 bits per heavy atom. The van der Waals surface area contributed by atoms with Crippen LogP contribution in [0.15, 0.2) is 54.6 Å². The van der Waals surface area contributed by atoms with Crippen LogP contribution in [-0.2, 0) is 12.0 Å². The summed E-state index contributed by atoms with van der Waals surface area (Å²) < 4.78 is 178. The average molecular weight is 572 g/mol. The molecular formula is C24H21F13O. The second-order valence-corrected chi connectivity index (χ2v) is 8.79. The van der Waals surface area contributed by atoms with Crippen LogP contribution in [0.1, 0.15) is 42.9 Å². The number of aryl methyl sites for hydroxylation is 1. The molecule has 0 amide bonds. The summed E-state index contributed by atoms with van der Waals surface area (Å²) in [5, 5.41) is 11.3. The van der Waals surface area contributed by atoms with E-state index in [2.05, 4.69) is 0 Å². The van der Waals surface area contributed by atoms with E-state index in [1.54, 1.807) is 6.92 Å². The lowest BCUT2D eigenvalue weighted by Crippen LogP contribution is -2.70. The van der Waals surface area contributed by atoms with E-state index in [4.69, 9.17) is 0 Å². The van der Waals surface area contributed by atoms with Crippen molar-refractivity contribution < 1.29 is 62.2 Å². The van der Waals surface area contributed by atoms with Gasteiger partial charge < -0.3 is 5.11 Å². The monoisotopic (exact) mass is 572 g/mol. The molecule has 0 aromatic heterocycles. The minimum Gasteiger partial charge on any atom is -0.384 e. The molecule has 0 radical (unpaired) electrons. The fourth-order valence-electron chi connectivity index (χ4n) is 3.83. The summed E-state index contributed by atoms with van der Waals surface area (Å²) in [5.41, 5.74) is -3.42. The van der Waals surface area contributed by atoms with Gasteiger partial charge in [-0.05, 0) is 23.1 Å². The lowest BCUT2D eigenvalue weighted by molar-refractivity contribution is -0.441. The van der Waals surface area contributed by atoms with Gasteiger partial charge in [0.2, 0.25) is 0 Å². The molecule has 2 rings (SSSR count). The standard InChI is InChI=1S/C24H21F13O/c1-3-15-8-7-11-17(12-15)18(38,14(2)16-9-5-4-6-10-16)13-19(25,26)20(27,28)21(29,30)22(31,32)23(33,34)24(35,36)37/h4-12,14,38H,3,13H2,1-2H3. The maximum absolute atomic E-state index is 14.9. The molecule has 2 aromatic rings. The molecular weight excluding hydrogens is 551 g/mol. The number of alkyl halides is 13. The van der Waals surface area contributed by atoms with Gasteiger partial charge in [-0.3, -0.25) is 0 Å². The van der Waals surface area contributed by atoms with Crippen LogP contribution in [0.4, 0.5) is 57.1 Å². The van der Waals surface area contributed by atoms with E-state index in [0.717, 1.165) is 19.1 Å². The minimum atomic E-state index is -8.00. The summed E-state index contributed by atoms with van der Waals surface area (Å²) in [6.07, 6.45) is -10.0. The van der Waals surface area contributed by atoms with Gasteiger partial charge in [-0.25, -0.2) is 0 Å². The smallest absolute Gasteiger partial charge is 0.384 e. The van der Waals surface area contributed by atoms with Crippen LogP contribution in [0.2, 0.25) is 0 Å². The summed E-state index contributed by atoms with van der Waals surface area (Å²) in [6.45, 7) is 2.59. The number of hydrogen-bond acceptors (Lipinski definition) is 1. The second-order valence-electron chi connectivity index (χ2n) is 8.79. The minimum absolute atomic E-state index is 0.00304. The van der Waals surface area contributed by atoms with Gasteiger partial charge in [-0.15, -0.1) is 0 Å². The number of benzene rings is 2. The van der Waals surface area contributed by atoms with E-state index >= 15 is 0 Å². The van der Waals surface area contributed by atoms with Crippen LogP contribution in [0, 0.1) is 0 Å². The molecule has 2 atom stereocenters. The summed E-state index contributed by atoms with van der Waals surface area (Å²) in [4.78, 5) is 0. The van der Waals surface area contributed by atoms with Crippen molar-refractivity contribution in [3.8, 4) is 0 Å². The van der Waals surface area contributed by atoms with Crippen molar-refractivity contribution in [3.05, 3.63) is 71.3 Å². The van der Waals surface area contributed by atoms with E-state index in [0.29, 0.717) is 5.56 Å². The largest absolute Gasteiger partial charge is 0.460 e. The third-order valence-corrected chi connectivity index (χ3v) is 6.34. The van der Waals surface area contributed by atoms with E-state index < -0.39 is 59.3 Å². The average Bonchev–Trinajstić information content (AvgIpc) is 2.82. The summed E-state index contributed by atoms with van der Waals surface area (Å²) in [6, 6.07) is 11.2. The van der Waals surface area contributed by atoms with Gasteiger partial charge in [0.1, 0.15) is 5.60 Å². The van der Waals surface area contributed by atoms with E-state index in [1.165, 1.54) is 42.5 Å². The molecule has 0 heterocycles. The Labute approximate surface area is 208 Å². The summed E-state index contributed by atoms with van der Waals surface area (Å²) in [7, 11) is 0. The highest BCUT2D eigenvalue weighted by atomic mass is 19.4. The molecule has 14 heteroatoms. The Kier molecular flexibility index (Phi) is 8.27. The number of rotatable bonds is 10. The fraction of sp³-hybridized carbons (Fsp3) is 0.500. The van der Waals surface area contributed by atoms with Crippen molar-refractivity contribution in [1.82, 2.24) is 0 Å². The molecule has 1 N–H and O–H groups in total. The van der Waals surface area contributed by atoms with Crippen LogP contribution in [0.25, 0.3) is 0 Å². The Morgan fingerprint density at radius 3 is 1.63 bits per heavy atom. The fourth-order valence-corrected chi connectivity index (χ4v) is 3.83. The molecule has 0 aliphatic carbocycles. The first kappa shape index (κ1) is 31.7. The molecule has 0 spiro atoms. The normalized spacial score (nSPS) is 16.7. The van der Waals surface area contributed by atoms with Gasteiger partial charge in [-0.2, -0.15) is 57.1 Å². The van der Waals surface area contributed by atoms with Crippen molar-refractivity contribution in [3.63, 3.8) is 0 Å². The van der Waals surface area contributed by atoms with Gasteiger partial charge in [0.25, 0.3) is 0 Å². The first-order valence-electron chi connectivity index (χ1n) is 10.8. The number of hydrogen-bond donors (Lipinski definition) is 1. The molecule has 38 heavy (non-hydrogen) atoms. The first-order chi connectivity index (χ1) is 17.0. The van der Waals surface area contributed by atoms with Gasteiger partial charge in [0, 0.05) is 5.92 Å². The molecule has 0 fully saturated rings. The van der Waals surface area contributed by atoms with Crippen LogP contribution >= 0.6 is 0 Å². The first-order valence-corrected chi connectivity index (χ1v) is 10.8. The zero-order valence-electron chi connectivity index (χ0n) is 19.5. The zero-order valence-corrected chi connectivity index (χ0v) is 19.5. The van der Waals surface area contributed by atoms with E-state index in [-0.39, 0.29) is 12.0 Å². The number of halogens is 13. The van der Waals surface area contributed by atoms with Gasteiger partial charge in [0.05, 0.1) is 6.42 Å². The molecule has 1 nitrogen and oxygen atoms in total. The Bertz CT molecular complexity index is 1100. The topological polar surface area (TPSA) is 20.2 Å². The molecule has 0 saturated carbocycles. The molecule has 0 bridgehead atoms. The van der Waals surface area contributed by atoms with Gasteiger partial charge in [-0.1, -0.05) is 68.4 Å². The predicted molar refractivity (Wildman–Crippen MR) is 110 cm³/mol. The highest BCUT2D eigenvalue weighted by Gasteiger charge is 2.90. The van der Waals surface area contributed by atoms with Crippen molar-refractivity contribution in [1.29, 1.82) is 0 Å². The van der Waals surface area contributed by atoms with Gasteiger partial charge >= 0.3 is 35.8 Å². The maximum atomic E-state index is 14.9. The zero-order chi connectivity index (χ0) is 29.6. The molecule has 0 aliphatic rings. The molecule has 0 aliphatic heterocycles. The molecule has 214 valence electrons. The second kappa shape index (κ2) is 9.91. The van der Waals surface area contributed by atoms with Crippen LogP contribution in [0.3, 0.4) is 0 Å². The Morgan fingerprint density at radius 2 is 1.16 bits per heavy atom. The molecule has 0 saturated heterocycles. The van der Waals surface area contributed by atoms with E-state index in [1.807, 2.05) is 0 Å². The van der Waals surface area contributed by atoms with Crippen molar-refractivity contribution in [2.75, 3.05) is 0 Å². The van der Waals surface area contributed by atoms with Crippen molar-refractivity contribution in [2.45, 2.75) is 74.0 Å². The maximum Gasteiger partial charge on any atom is 0.460 e. The van der Waals surface area contributed by atoms with E-state index in [9.17, 15) is 62.2 Å². The highest BCUT2D eigenvalue weighted by molar-refractivity contribution is 5.34. The lowest BCUT2D eigenvalue weighted by atomic mass is 9.73. The van der Waals surface area contributed by atoms with Crippen LogP contribution < -0.4 is 0 Å². The Hall–Kier alpha value is -2.51. The Balaban J connectivity index is 2.70. The SMILES string of the molecule is CCc1cccc(C(O)(CC(F)(F)C(F)(F)C(F)(F)C(F)(F)C(F)(F)C(F)(F)F)C(C)c2ccccc2)c1. The summed E-state index contributed by atoms with van der Waals surface area (Å²) in [5.74, 6) is -39.3. The highest BCUT2D eigenvalue weighted by Crippen LogP contribution is 2.62.